The van der Waals surface area contributed by atoms with Crippen LogP contribution in [0.5, 0.6) is 11.5 Å². The second-order valence-corrected chi connectivity index (χ2v) is 3.91. The van der Waals surface area contributed by atoms with Crippen LogP contribution in [0.3, 0.4) is 0 Å². The van der Waals surface area contributed by atoms with E-state index in [9.17, 15) is 18.0 Å². The first-order valence-corrected chi connectivity index (χ1v) is 5.40. The van der Waals surface area contributed by atoms with Crippen LogP contribution in [0.4, 0.5) is 13.2 Å². The van der Waals surface area contributed by atoms with Crippen molar-refractivity contribution in [1.82, 2.24) is 0 Å². The molecule has 0 radical (unpaired) electrons. The molecule has 0 N–H and O–H groups in total. The van der Waals surface area contributed by atoms with Crippen molar-refractivity contribution in [2.75, 3.05) is 0 Å². The number of carbonyl (C=O) groups is 1. The van der Waals surface area contributed by atoms with Crippen LogP contribution in [0.15, 0.2) is 36.4 Å². The third kappa shape index (κ3) is 3.13. The smallest absolute Gasteiger partial charge is 0.166 e. The Bertz CT molecular complexity index is 618. The summed E-state index contributed by atoms with van der Waals surface area (Å²) in [5.41, 5.74) is 0.190. The van der Waals surface area contributed by atoms with Gasteiger partial charge < -0.3 is 4.74 Å². The van der Waals surface area contributed by atoms with Gasteiger partial charge in [-0.05, 0) is 25.1 Å². The van der Waals surface area contributed by atoms with Crippen LogP contribution in [0, 0.1) is 17.5 Å². The van der Waals surface area contributed by atoms with Gasteiger partial charge >= 0.3 is 0 Å². The number of ether oxygens (including phenoxy) is 1. The van der Waals surface area contributed by atoms with Gasteiger partial charge in [-0.2, -0.15) is 0 Å². The van der Waals surface area contributed by atoms with Gasteiger partial charge in [-0.3, -0.25) is 4.79 Å². The minimum Gasteiger partial charge on any atom is -0.454 e. The highest BCUT2D eigenvalue weighted by Crippen LogP contribution is 2.26. The summed E-state index contributed by atoms with van der Waals surface area (Å²) >= 11 is 0. The zero-order valence-electron chi connectivity index (χ0n) is 9.91. The normalized spacial score (nSPS) is 10.3. The molecule has 0 atom stereocenters. The maximum Gasteiger partial charge on any atom is 0.166 e. The van der Waals surface area contributed by atoms with Crippen LogP contribution in [0.1, 0.15) is 17.3 Å². The van der Waals surface area contributed by atoms with E-state index in [-0.39, 0.29) is 22.8 Å². The van der Waals surface area contributed by atoms with Crippen molar-refractivity contribution in [3.05, 3.63) is 59.4 Å². The number of hydrogen-bond acceptors (Lipinski definition) is 2. The molecule has 2 nitrogen and oxygen atoms in total. The lowest BCUT2D eigenvalue weighted by Crippen LogP contribution is -1.95. The third-order valence-corrected chi connectivity index (χ3v) is 2.40. The van der Waals surface area contributed by atoms with E-state index < -0.39 is 17.5 Å². The lowest BCUT2D eigenvalue weighted by Gasteiger charge is -2.07. The molecule has 0 saturated heterocycles. The highest BCUT2D eigenvalue weighted by atomic mass is 19.1. The Kier molecular flexibility index (Phi) is 3.55. The van der Waals surface area contributed by atoms with Gasteiger partial charge in [0.1, 0.15) is 17.4 Å². The van der Waals surface area contributed by atoms with Crippen LogP contribution in [0.25, 0.3) is 0 Å². The van der Waals surface area contributed by atoms with Gasteiger partial charge in [0.25, 0.3) is 0 Å². The molecule has 0 bridgehead atoms. The van der Waals surface area contributed by atoms with Crippen LogP contribution in [-0.4, -0.2) is 5.78 Å². The molecule has 0 aliphatic carbocycles. The molecular formula is C14H9F3O2. The van der Waals surface area contributed by atoms with Crippen molar-refractivity contribution in [2.24, 2.45) is 0 Å². The molecule has 2 rings (SSSR count). The van der Waals surface area contributed by atoms with Crippen molar-refractivity contribution < 1.29 is 22.7 Å². The number of Topliss-reactive ketones (excluding diaryl/α,β-unsaturated/α-hetero) is 1. The number of hydrogen-bond donors (Lipinski definition) is 0. The molecule has 0 aromatic heterocycles. The highest BCUT2D eigenvalue weighted by molar-refractivity contribution is 5.94. The Morgan fingerprint density at radius 3 is 2.16 bits per heavy atom. The summed E-state index contributed by atoms with van der Waals surface area (Å²) in [6, 6.07) is 6.16. The van der Waals surface area contributed by atoms with Crippen LogP contribution >= 0.6 is 0 Å². The van der Waals surface area contributed by atoms with Crippen molar-refractivity contribution in [3.8, 4) is 11.5 Å². The molecule has 0 fully saturated rings. The Morgan fingerprint density at radius 1 is 1.00 bits per heavy atom. The van der Waals surface area contributed by atoms with E-state index in [0.29, 0.717) is 6.07 Å². The Morgan fingerprint density at radius 2 is 1.63 bits per heavy atom. The monoisotopic (exact) mass is 266 g/mol. The van der Waals surface area contributed by atoms with Gasteiger partial charge in [0.05, 0.1) is 0 Å². The molecule has 0 unspecified atom stereocenters. The quantitative estimate of drug-likeness (QED) is 0.782. The molecule has 0 heterocycles. The molecule has 0 aliphatic rings. The summed E-state index contributed by atoms with van der Waals surface area (Å²) < 4.78 is 44.6. The van der Waals surface area contributed by atoms with E-state index in [2.05, 4.69) is 0 Å². The van der Waals surface area contributed by atoms with Crippen LogP contribution in [-0.2, 0) is 0 Å². The summed E-state index contributed by atoms with van der Waals surface area (Å²) in [5.74, 6) is -3.09. The second kappa shape index (κ2) is 5.14. The topological polar surface area (TPSA) is 26.3 Å². The minimum absolute atomic E-state index is 0.160. The molecule has 0 spiro atoms. The number of carbonyl (C=O) groups excluding carboxylic acids is 1. The molecule has 0 saturated carbocycles. The highest BCUT2D eigenvalue weighted by Gasteiger charge is 2.09. The van der Waals surface area contributed by atoms with Gasteiger partial charge in [-0.15, -0.1) is 0 Å². The first kappa shape index (κ1) is 13.1. The zero-order chi connectivity index (χ0) is 14.0. The molecule has 2 aromatic carbocycles. The first-order chi connectivity index (χ1) is 8.95. The fourth-order valence-electron chi connectivity index (χ4n) is 1.52. The fraction of sp³-hybridized carbons (Fsp3) is 0.0714. The average Bonchev–Trinajstić information content (AvgIpc) is 2.30. The number of benzene rings is 2. The fourth-order valence-corrected chi connectivity index (χ4v) is 1.52. The lowest BCUT2D eigenvalue weighted by molar-refractivity contribution is 0.101. The van der Waals surface area contributed by atoms with Crippen LogP contribution in [0.2, 0.25) is 0 Å². The van der Waals surface area contributed by atoms with Gasteiger partial charge in [0.15, 0.2) is 17.3 Å². The third-order valence-electron chi connectivity index (χ3n) is 2.40. The van der Waals surface area contributed by atoms with E-state index in [1.807, 2.05) is 0 Å². The van der Waals surface area contributed by atoms with Crippen molar-refractivity contribution in [1.29, 1.82) is 0 Å². The summed E-state index contributed by atoms with van der Waals surface area (Å²) in [4.78, 5) is 11.0. The minimum atomic E-state index is -0.823. The number of halogens is 3. The van der Waals surface area contributed by atoms with Gasteiger partial charge in [-0.25, -0.2) is 13.2 Å². The summed E-state index contributed by atoms with van der Waals surface area (Å²) in [6.07, 6.45) is 0. The van der Waals surface area contributed by atoms with E-state index in [0.717, 1.165) is 18.2 Å². The number of rotatable bonds is 3. The molecule has 0 amide bonds. The zero-order valence-corrected chi connectivity index (χ0v) is 9.91. The van der Waals surface area contributed by atoms with Gasteiger partial charge in [0, 0.05) is 23.8 Å². The summed E-state index contributed by atoms with van der Waals surface area (Å²) in [7, 11) is 0. The largest absolute Gasteiger partial charge is 0.454 e. The van der Waals surface area contributed by atoms with E-state index in [4.69, 9.17) is 4.74 Å². The van der Waals surface area contributed by atoms with Gasteiger partial charge in [-0.1, -0.05) is 0 Å². The number of ketones is 1. The molecule has 5 heteroatoms. The van der Waals surface area contributed by atoms with Crippen molar-refractivity contribution in [2.45, 2.75) is 6.92 Å². The van der Waals surface area contributed by atoms with E-state index in [1.165, 1.54) is 19.1 Å². The first-order valence-electron chi connectivity index (χ1n) is 5.40. The van der Waals surface area contributed by atoms with Crippen molar-refractivity contribution in [3.63, 3.8) is 0 Å². The molecule has 0 aliphatic heterocycles. The van der Waals surface area contributed by atoms with Crippen molar-refractivity contribution >= 4 is 5.78 Å². The Hall–Kier alpha value is -2.30. The van der Waals surface area contributed by atoms with Crippen LogP contribution < -0.4 is 4.74 Å². The maximum atomic E-state index is 13.6. The van der Waals surface area contributed by atoms with Gasteiger partial charge in [0.2, 0.25) is 0 Å². The summed E-state index contributed by atoms with van der Waals surface area (Å²) in [6.45, 7) is 1.30. The molecule has 98 valence electrons. The molecule has 19 heavy (non-hydrogen) atoms. The standard InChI is InChI=1S/C14H9F3O2/c1-8(18)9-2-3-14(13(17)4-9)19-12-6-10(15)5-11(16)7-12/h2-7H,1H3. The predicted molar refractivity (Wildman–Crippen MR) is 62.8 cm³/mol. The molecular weight excluding hydrogens is 257 g/mol. The lowest BCUT2D eigenvalue weighted by atomic mass is 10.1. The Balaban J connectivity index is 2.30. The average molecular weight is 266 g/mol. The Labute approximate surface area is 107 Å². The molecule has 2 aromatic rings. The van der Waals surface area contributed by atoms with E-state index >= 15 is 0 Å². The summed E-state index contributed by atoms with van der Waals surface area (Å²) in [5, 5.41) is 0. The SMILES string of the molecule is CC(=O)c1ccc(Oc2cc(F)cc(F)c2)c(F)c1. The maximum absolute atomic E-state index is 13.6. The van der Waals surface area contributed by atoms with E-state index in [1.54, 1.807) is 0 Å². The predicted octanol–water partition coefficient (Wildman–Crippen LogP) is 4.10. The second-order valence-electron chi connectivity index (χ2n) is 3.91.